The van der Waals surface area contributed by atoms with Crippen LogP contribution in [0, 0.1) is 41.4 Å². The van der Waals surface area contributed by atoms with Gasteiger partial charge in [0.2, 0.25) is 0 Å². The summed E-state index contributed by atoms with van der Waals surface area (Å²) in [6.45, 7) is 13.3. The maximum Gasteiger partial charge on any atom is 0.184 e. The number of terminal acetylenes is 1. The van der Waals surface area contributed by atoms with Gasteiger partial charge >= 0.3 is 0 Å². The Morgan fingerprint density at radius 1 is 1.19 bits per heavy atom. The van der Waals surface area contributed by atoms with Gasteiger partial charge in [0.05, 0.1) is 19.1 Å². The van der Waals surface area contributed by atoms with Crippen LogP contribution >= 0.6 is 0 Å². The van der Waals surface area contributed by atoms with Crippen molar-refractivity contribution in [1.29, 1.82) is 0 Å². The summed E-state index contributed by atoms with van der Waals surface area (Å²) in [5, 5.41) is 0. The van der Waals surface area contributed by atoms with Crippen molar-refractivity contribution < 1.29 is 13.9 Å². The molecule has 0 aromatic heterocycles. The zero-order valence-corrected chi connectivity index (χ0v) is 21.1. The van der Waals surface area contributed by atoms with Crippen molar-refractivity contribution in [3.05, 3.63) is 22.8 Å². The van der Waals surface area contributed by atoms with Gasteiger partial charge in [-0.1, -0.05) is 24.5 Å². The Balaban J connectivity index is 1.45. The van der Waals surface area contributed by atoms with Gasteiger partial charge in [0.1, 0.15) is 0 Å². The first-order valence-corrected chi connectivity index (χ1v) is 15.9. The molecule has 2 fully saturated rings. The summed E-state index contributed by atoms with van der Waals surface area (Å²) in [6.07, 6.45) is 17.0. The third-order valence-electron chi connectivity index (χ3n) is 9.05. The molecule has 0 aromatic rings. The van der Waals surface area contributed by atoms with Gasteiger partial charge in [0.15, 0.2) is 14.1 Å². The Morgan fingerprint density at radius 3 is 2.61 bits per heavy atom. The van der Waals surface area contributed by atoms with Gasteiger partial charge in [0, 0.05) is 18.9 Å². The van der Waals surface area contributed by atoms with Crippen molar-refractivity contribution >= 4 is 8.32 Å². The van der Waals surface area contributed by atoms with E-state index >= 15 is 0 Å². The molecule has 0 amide bonds. The molecule has 1 saturated heterocycles. The topological polar surface area (TPSA) is 27.7 Å². The zero-order chi connectivity index (χ0) is 22.0. The van der Waals surface area contributed by atoms with E-state index in [1.54, 1.807) is 5.57 Å². The van der Waals surface area contributed by atoms with Crippen molar-refractivity contribution in [2.45, 2.75) is 90.3 Å². The first-order valence-electron chi connectivity index (χ1n) is 12.5. The van der Waals surface area contributed by atoms with E-state index in [-0.39, 0.29) is 5.92 Å². The average Bonchev–Trinajstić information content (AvgIpc) is 3.29. The first-order chi connectivity index (χ1) is 14.7. The van der Waals surface area contributed by atoms with E-state index in [1.165, 1.54) is 36.8 Å². The molecule has 1 saturated carbocycles. The van der Waals surface area contributed by atoms with Crippen LogP contribution in [0.25, 0.3) is 0 Å². The second-order valence-electron chi connectivity index (χ2n) is 12.0. The molecule has 4 aliphatic carbocycles. The number of allylic oxidation sites excluding steroid dienone is 3. The molecule has 3 nitrogen and oxygen atoms in total. The van der Waals surface area contributed by atoms with Crippen LogP contribution in [0.1, 0.15) is 58.8 Å². The van der Waals surface area contributed by atoms with Crippen molar-refractivity contribution in [3.63, 3.8) is 0 Å². The fourth-order valence-corrected chi connectivity index (χ4v) is 9.28. The van der Waals surface area contributed by atoms with Crippen molar-refractivity contribution in [1.82, 2.24) is 0 Å². The molecule has 5 aliphatic rings. The molecule has 0 N–H and O–H groups in total. The van der Waals surface area contributed by atoms with Crippen molar-refractivity contribution in [2.75, 3.05) is 13.2 Å². The maximum atomic E-state index is 6.60. The maximum absolute atomic E-state index is 6.60. The third-order valence-corrected chi connectivity index (χ3v) is 10.1. The average molecular weight is 441 g/mol. The highest BCUT2D eigenvalue weighted by Crippen LogP contribution is 2.63. The van der Waals surface area contributed by atoms with E-state index in [2.05, 4.69) is 45.5 Å². The molecule has 6 atom stereocenters. The lowest BCUT2D eigenvalue weighted by Crippen LogP contribution is -2.45. The summed E-state index contributed by atoms with van der Waals surface area (Å²) >= 11 is 0. The molecule has 31 heavy (non-hydrogen) atoms. The molecule has 1 aliphatic heterocycles. The van der Waals surface area contributed by atoms with E-state index in [0.717, 1.165) is 25.2 Å². The minimum absolute atomic E-state index is 0.131. The lowest BCUT2D eigenvalue weighted by atomic mass is 9.55. The third kappa shape index (κ3) is 3.61. The summed E-state index contributed by atoms with van der Waals surface area (Å²) < 4.78 is 18.8. The molecule has 0 radical (unpaired) electrons. The lowest BCUT2D eigenvalue weighted by Gasteiger charge is -2.51. The summed E-state index contributed by atoms with van der Waals surface area (Å²) in [4.78, 5) is 0. The van der Waals surface area contributed by atoms with Crippen LogP contribution < -0.4 is 0 Å². The van der Waals surface area contributed by atoms with Crippen LogP contribution in [-0.4, -0.2) is 33.4 Å². The van der Waals surface area contributed by atoms with Crippen LogP contribution in [0.2, 0.25) is 19.6 Å². The van der Waals surface area contributed by atoms with Crippen molar-refractivity contribution in [2.24, 2.45) is 29.1 Å². The highest BCUT2D eigenvalue weighted by atomic mass is 28.4. The zero-order valence-electron chi connectivity index (χ0n) is 20.1. The fourth-order valence-electron chi connectivity index (χ4n) is 8.00. The fraction of sp³-hybridized carbons (Fsp3) is 0.778. The minimum Gasteiger partial charge on any atom is -0.415 e. The molecule has 4 heteroatoms. The van der Waals surface area contributed by atoms with Crippen LogP contribution in [0.5, 0.6) is 0 Å². The van der Waals surface area contributed by atoms with Gasteiger partial charge in [-0.05, 0) is 93.0 Å². The Morgan fingerprint density at radius 2 is 1.94 bits per heavy atom. The van der Waals surface area contributed by atoms with Crippen LogP contribution in [0.4, 0.5) is 0 Å². The van der Waals surface area contributed by atoms with Gasteiger partial charge in [-0.3, -0.25) is 0 Å². The highest BCUT2D eigenvalue weighted by molar-refractivity contribution is 6.69. The summed E-state index contributed by atoms with van der Waals surface area (Å²) in [5.74, 6) is 4.90. The van der Waals surface area contributed by atoms with Gasteiger partial charge in [-0.2, -0.15) is 0 Å². The largest absolute Gasteiger partial charge is 0.415 e. The van der Waals surface area contributed by atoms with Gasteiger partial charge < -0.3 is 13.9 Å². The summed E-state index contributed by atoms with van der Waals surface area (Å²) in [5.41, 5.74) is 4.97. The van der Waals surface area contributed by atoms with E-state index in [1.807, 2.05) is 0 Å². The number of rotatable bonds is 3. The molecule has 1 heterocycles. The molecule has 0 aromatic carbocycles. The highest BCUT2D eigenvalue weighted by Gasteiger charge is 2.56. The first kappa shape index (κ1) is 22.0. The second kappa shape index (κ2) is 7.59. The monoisotopic (exact) mass is 440 g/mol. The van der Waals surface area contributed by atoms with E-state index in [0.29, 0.717) is 36.6 Å². The lowest BCUT2D eigenvalue weighted by molar-refractivity contribution is -0.168. The van der Waals surface area contributed by atoms with Crippen LogP contribution in [0.15, 0.2) is 22.8 Å². The Labute approximate surface area is 190 Å². The van der Waals surface area contributed by atoms with Crippen molar-refractivity contribution in [3.8, 4) is 12.3 Å². The molecular weight excluding hydrogens is 400 g/mol. The number of fused-ring (bicyclic) bond motifs is 4. The summed E-state index contributed by atoms with van der Waals surface area (Å²) in [7, 11) is -1.53. The minimum atomic E-state index is -1.53. The van der Waals surface area contributed by atoms with E-state index in [4.69, 9.17) is 20.3 Å². The standard InChI is InChI=1S/C27H40O3Si/c1-7-19-16-27(28-14-15-29-27)17-20-8-9-21-22(25(19)20)12-13-26(3)23(10-11-24(21)26)18(2)30-31(4,5)6/h1,12,18-19,21,23-24H,8-11,13-17H2,2-6H3/t18?,19-,21+,23+,24-,26+/m0/s1. The van der Waals surface area contributed by atoms with Crippen LogP contribution in [0.3, 0.4) is 0 Å². The normalized spacial score (nSPS) is 40.1. The number of hydrogen-bond acceptors (Lipinski definition) is 3. The quantitative estimate of drug-likeness (QED) is 0.393. The van der Waals surface area contributed by atoms with Gasteiger partial charge in [0.25, 0.3) is 0 Å². The molecule has 1 unspecified atom stereocenters. The molecular formula is C27H40O3Si. The second-order valence-corrected chi connectivity index (χ2v) is 16.4. The number of ether oxygens (including phenoxy) is 2. The van der Waals surface area contributed by atoms with Crippen LogP contribution in [-0.2, 0) is 13.9 Å². The summed E-state index contributed by atoms with van der Waals surface area (Å²) in [6, 6.07) is 0. The molecule has 1 spiro atoms. The predicted octanol–water partition coefficient (Wildman–Crippen LogP) is 6.08. The predicted molar refractivity (Wildman–Crippen MR) is 127 cm³/mol. The number of hydrogen-bond donors (Lipinski definition) is 0. The SMILES string of the molecule is C#C[C@H]1CC2(CC3=C1C1=CC[C@]4(C)[C@@H](C(C)O[Si](C)(C)C)CC[C@H]4[C@@H]1CC3)OCCO2. The Hall–Kier alpha value is -0.863. The van der Waals surface area contributed by atoms with E-state index in [9.17, 15) is 0 Å². The Bertz CT molecular complexity index is 838. The molecule has 5 rings (SSSR count). The smallest absolute Gasteiger partial charge is 0.184 e. The Kier molecular flexibility index (Phi) is 5.37. The molecule has 170 valence electrons. The molecule has 0 bridgehead atoms. The van der Waals surface area contributed by atoms with Gasteiger partial charge in [-0.25, -0.2) is 0 Å². The van der Waals surface area contributed by atoms with Gasteiger partial charge in [-0.15, -0.1) is 6.42 Å². The van der Waals surface area contributed by atoms with E-state index < -0.39 is 14.1 Å².